The molecular weight excluding hydrogens is 464 g/mol. The molecule has 1 aromatic rings. The van der Waals surface area contributed by atoms with E-state index < -0.39 is 0 Å². The minimum Gasteiger partial charge on any atom is -0.498 e. The maximum absolute atomic E-state index is 12.5. The number of carbonyl (C=O) groups is 1. The number of aromatic nitrogens is 2. The van der Waals surface area contributed by atoms with E-state index in [1.807, 2.05) is 11.8 Å². The fourth-order valence-electron chi connectivity index (χ4n) is 7.02. The predicted molar refractivity (Wildman–Crippen MR) is 145 cm³/mol. The summed E-state index contributed by atoms with van der Waals surface area (Å²) in [6.45, 7) is 11.3. The maximum atomic E-state index is 12.5. The van der Waals surface area contributed by atoms with Crippen LogP contribution < -0.4 is 5.32 Å². The van der Waals surface area contributed by atoms with Gasteiger partial charge in [0.2, 0.25) is 0 Å². The summed E-state index contributed by atoms with van der Waals surface area (Å²) in [6, 6.07) is 2.37. The van der Waals surface area contributed by atoms with E-state index in [-0.39, 0.29) is 16.9 Å². The molecule has 200 valence electrons. The normalized spacial score (nSPS) is 31.5. The third-order valence-electron chi connectivity index (χ3n) is 9.24. The number of carbonyl (C=O) groups excluding carboxylic acids is 1. The van der Waals surface area contributed by atoms with Gasteiger partial charge < -0.3 is 19.9 Å². The van der Waals surface area contributed by atoms with E-state index in [0.717, 1.165) is 76.5 Å². The molecule has 1 aliphatic carbocycles. The van der Waals surface area contributed by atoms with Gasteiger partial charge in [-0.15, -0.1) is 0 Å². The molecule has 2 amide bonds. The van der Waals surface area contributed by atoms with Crippen molar-refractivity contribution < 1.29 is 9.53 Å². The number of dihydropyridines is 1. The number of amides is 2. The van der Waals surface area contributed by atoms with Crippen LogP contribution in [-0.2, 0) is 22.1 Å². The number of rotatable bonds is 5. The lowest BCUT2D eigenvalue weighted by atomic mass is 9.78. The molecule has 3 atom stereocenters. The van der Waals surface area contributed by atoms with Crippen LogP contribution in [0.25, 0.3) is 0 Å². The van der Waals surface area contributed by atoms with Gasteiger partial charge in [-0.05, 0) is 77.3 Å². The topological polar surface area (TPSA) is 75.0 Å². The van der Waals surface area contributed by atoms with Crippen LogP contribution >= 0.6 is 0 Å². The largest absolute Gasteiger partial charge is 0.498 e. The van der Waals surface area contributed by atoms with Gasteiger partial charge in [0.15, 0.2) is 0 Å². The van der Waals surface area contributed by atoms with Gasteiger partial charge in [-0.25, -0.2) is 4.79 Å². The fourth-order valence-corrected chi connectivity index (χ4v) is 7.02. The zero-order valence-corrected chi connectivity index (χ0v) is 22.8. The van der Waals surface area contributed by atoms with Gasteiger partial charge in [-0.2, -0.15) is 5.10 Å². The van der Waals surface area contributed by atoms with Crippen LogP contribution in [0.4, 0.5) is 4.79 Å². The third kappa shape index (κ3) is 4.62. The first-order valence-corrected chi connectivity index (χ1v) is 14.3. The van der Waals surface area contributed by atoms with E-state index in [4.69, 9.17) is 14.8 Å². The highest BCUT2D eigenvalue weighted by Crippen LogP contribution is 2.44. The highest BCUT2D eigenvalue weighted by molar-refractivity contribution is 6.04. The second kappa shape index (κ2) is 9.61. The standard InChI is InChI=1S/C29H42N6O2/c1-4-30-27(36)34-12-9-29(20-34)10-13-35-26(29)15-25(32-35)28(2)16-22-14-23(7-8-24(22)31-19-28)37-18-21-6-5-11-33(3)17-21/h14-16,21H,4-13,17-20H2,1-3H3,(H,30,36). The second-order valence-corrected chi connectivity index (χ2v) is 12.1. The summed E-state index contributed by atoms with van der Waals surface area (Å²) in [6.07, 6.45) is 11.1. The lowest BCUT2D eigenvalue weighted by molar-refractivity contribution is 0.106. The molecule has 5 aliphatic rings. The number of nitrogens with zero attached hydrogens (tertiary/aromatic N) is 5. The molecular formula is C29H42N6O2. The highest BCUT2D eigenvalue weighted by atomic mass is 16.5. The van der Waals surface area contributed by atoms with Gasteiger partial charge in [0.05, 0.1) is 30.0 Å². The molecule has 0 saturated carbocycles. The third-order valence-corrected chi connectivity index (χ3v) is 9.24. The molecule has 0 aromatic carbocycles. The minimum absolute atomic E-state index is 0.0296. The number of nitrogens with one attached hydrogen (secondary N) is 1. The Morgan fingerprint density at radius 1 is 1.24 bits per heavy atom. The Bertz CT molecular complexity index is 1150. The molecule has 37 heavy (non-hydrogen) atoms. The minimum atomic E-state index is -0.236. The second-order valence-electron chi connectivity index (χ2n) is 12.1. The molecule has 0 bridgehead atoms. The fraction of sp³-hybridized carbons (Fsp3) is 0.690. The Morgan fingerprint density at radius 3 is 2.95 bits per heavy atom. The summed E-state index contributed by atoms with van der Waals surface area (Å²) in [7, 11) is 2.21. The number of aryl methyl sites for hydroxylation is 1. The van der Waals surface area contributed by atoms with Crippen molar-refractivity contribution in [2.24, 2.45) is 10.9 Å². The first-order valence-electron chi connectivity index (χ1n) is 14.3. The van der Waals surface area contributed by atoms with Crippen LogP contribution in [0.3, 0.4) is 0 Å². The van der Waals surface area contributed by atoms with Crippen molar-refractivity contribution in [3.63, 3.8) is 0 Å². The van der Waals surface area contributed by atoms with Crippen molar-refractivity contribution in [3.05, 3.63) is 40.9 Å². The van der Waals surface area contributed by atoms with Crippen LogP contribution in [0.15, 0.2) is 34.5 Å². The van der Waals surface area contributed by atoms with Crippen molar-refractivity contribution in [2.45, 2.75) is 69.7 Å². The smallest absolute Gasteiger partial charge is 0.317 e. The van der Waals surface area contributed by atoms with Crippen LogP contribution in [0.5, 0.6) is 0 Å². The van der Waals surface area contributed by atoms with Crippen molar-refractivity contribution >= 4 is 11.7 Å². The zero-order chi connectivity index (χ0) is 25.6. The summed E-state index contributed by atoms with van der Waals surface area (Å²) < 4.78 is 8.54. The van der Waals surface area contributed by atoms with Crippen molar-refractivity contribution in [3.8, 4) is 0 Å². The Hall–Kier alpha value is -2.61. The number of likely N-dealkylation sites (tertiary alicyclic amines) is 2. The zero-order valence-electron chi connectivity index (χ0n) is 22.8. The molecule has 1 N–H and O–H groups in total. The molecule has 8 heteroatoms. The quantitative estimate of drug-likeness (QED) is 0.662. The van der Waals surface area contributed by atoms with E-state index in [2.05, 4.69) is 47.1 Å². The highest BCUT2D eigenvalue weighted by Gasteiger charge is 2.48. The Kier molecular flexibility index (Phi) is 6.42. The van der Waals surface area contributed by atoms with Crippen molar-refractivity contribution in [1.29, 1.82) is 0 Å². The monoisotopic (exact) mass is 506 g/mol. The van der Waals surface area contributed by atoms with Crippen LogP contribution in [-0.4, -0.2) is 84.2 Å². The molecule has 4 aliphatic heterocycles. The molecule has 6 rings (SSSR count). The number of allylic oxidation sites excluding steroid dienone is 3. The Morgan fingerprint density at radius 2 is 2.11 bits per heavy atom. The van der Waals surface area contributed by atoms with Gasteiger partial charge >= 0.3 is 6.03 Å². The number of hydrogen-bond donors (Lipinski definition) is 1. The maximum Gasteiger partial charge on any atom is 0.317 e. The molecule has 0 radical (unpaired) electrons. The molecule has 1 spiro atoms. The van der Waals surface area contributed by atoms with E-state index in [1.54, 1.807) is 0 Å². The molecule has 2 fully saturated rings. The van der Waals surface area contributed by atoms with Gasteiger partial charge in [0.1, 0.15) is 0 Å². The van der Waals surface area contributed by atoms with Gasteiger partial charge in [0, 0.05) is 61.9 Å². The van der Waals surface area contributed by atoms with Crippen molar-refractivity contribution in [2.75, 3.05) is 52.9 Å². The van der Waals surface area contributed by atoms with Gasteiger partial charge in [-0.1, -0.05) is 6.08 Å². The Balaban J connectivity index is 1.18. The summed E-state index contributed by atoms with van der Waals surface area (Å²) in [4.78, 5) is 21.9. The number of piperidine rings is 1. The molecule has 8 nitrogen and oxygen atoms in total. The summed E-state index contributed by atoms with van der Waals surface area (Å²) in [5.74, 6) is 1.73. The van der Waals surface area contributed by atoms with E-state index >= 15 is 0 Å². The van der Waals surface area contributed by atoms with E-state index in [0.29, 0.717) is 12.5 Å². The number of hydrogen-bond acceptors (Lipinski definition) is 5. The van der Waals surface area contributed by atoms with Crippen LogP contribution in [0, 0.1) is 5.92 Å². The number of ether oxygens (including phenoxy) is 1. The number of fused-ring (bicyclic) bond motifs is 3. The van der Waals surface area contributed by atoms with E-state index in [9.17, 15) is 4.79 Å². The van der Waals surface area contributed by atoms with Gasteiger partial charge in [-0.3, -0.25) is 9.67 Å². The number of urea groups is 1. The predicted octanol–water partition coefficient (Wildman–Crippen LogP) is 3.63. The average molecular weight is 507 g/mol. The summed E-state index contributed by atoms with van der Waals surface area (Å²) in [5, 5.41) is 8.06. The van der Waals surface area contributed by atoms with Crippen molar-refractivity contribution in [1.82, 2.24) is 24.9 Å². The molecule has 2 saturated heterocycles. The molecule has 5 heterocycles. The summed E-state index contributed by atoms with van der Waals surface area (Å²) >= 11 is 0. The SMILES string of the molecule is CCNC(=O)N1CCC2(CCn3nc(C4(C)C=C5C=C(OCC6CCCN(C)C6)CCC5=NC4)cc32)C1. The number of aliphatic imine (C=N–C) groups is 1. The van der Waals surface area contributed by atoms with Crippen LogP contribution in [0.1, 0.15) is 63.8 Å². The van der Waals surface area contributed by atoms with Gasteiger partial charge in [0.25, 0.3) is 0 Å². The average Bonchev–Trinajstić information content (AvgIpc) is 3.60. The first-order chi connectivity index (χ1) is 17.9. The summed E-state index contributed by atoms with van der Waals surface area (Å²) in [5.41, 5.74) is 4.60. The molecule has 1 aromatic heterocycles. The van der Waals surface area contributed by atoms with E-state index in [1.165, 1.54) is 36.4 Å². The first kappa shape index (κ1) is 24.7. The Labute approximate surface area is 220 Å². The lowest BCUT2D eigenvalue weighted by Gasteiger charge is -2.32. The lowest BCUT2D eigenvalue weighted by Crippen LogP contribution is -2.40. The van der Waals surface area contributed by atoms with Crippen LogP contribution in [0.2, 0.25) is 0 Å². The molecule has 3 unspecified atom stereocenters.